The van der Waals surface area contributed by atoms with Crippen molar-refractivity contribution in [3.05, 3.63) is 33.9 Å². The first-order valence-electron chi connectivity index (χ1n) is 7.70. The molecule has 3 nitrogen and oxygen atoms in total. The van der Waals surface area contributed by atoms with Crippen LogP contribution in [0.5, 0.6) is 0 Å². The highest BCUT2D eigenvalue weighted by atomic mass is 16.5. The topological polar surface area (TPSA) is 46.5 Å². The van der Waals surface area contributed by atoms with E-state index in [1.807, 2.05) is 0 Å². The maximum absolute atomic E-state index is 11.3. The predicted octanol–water partition coefficient (Wildman–Crippen LogP) is 4.33. The first-order valence-corrected chi connectivity index (χ1v) is 7.70. The van der Waals surface area contributed by atoms with Crippen LogP contribution in [0.3, 0.4) is 0 Å². The summed E-state index contributed by atoms with van der Waals surface area (Å²) < 4.78 is 5.95. The van der Waals surface area contributed by atoms with Crippen LogP contribution in [-0.4, -0.2) is 11.1 Å². The van der Waals surface area contributed by atoms with E-state index >= 15 is 0 Å². The van der Waals surface area contributed by atoms with E-state index in [1.165, 1.54) is 16.7 Å². The van der Waals surface area contributed by atoms with E-state index in [4.69, 9.17) is 4.74 Å². The number of rotatable bonds is 4. The van der Waals surface area contributed by atoms with E-state index < -0.39 is 5.97 Å². The number of carboxylic acid groups (broad SMARTS) is 1. The van der Waals surface area contributed by atoms with E-state index in [2.05, 4.69) is 47.6 Å². The van der Waals surface area contributed by atoms with Crippen molar-refractivity contribution in [2.45, 2.75) is 72.0 Å². The summed E-state index contributed by atoms with van der Waals surface area (Å²) in [6.45, 7) is 13.3. The Kier molecular flexibility index (Phi) is 4.16. The summed E-state index contributed by atoms with van der Waals surface area (Å²) in [6, 6.07) is 2.18. The normalized spacial score (nSPS) is 16.6. The molecule has 3 heteroatoms. The van der Waals surface area contributed by atoms with Crippen LogP contribution in [0.15, 0.2) is 6.07 Å². The lowest BCUT2D eigenvalue weighted by Gasteiger charge is -2.25. The van der Waals surface area contributed by atoms with Gasteiger partial charge in [0.25, 0.3) is 0 Å². The van der Waals surface area contributed by atoms with Crippen molar-refractivity contribution < 1.29 is 14.6 Å². The van der Waals surface area contributed by atoms with Crippen molar-refractivity contribution in [2.24, 2.45) is 0 Å². The molecule has 0 saturated carbocycles. The quantitative estimate of drug-likeness (QED) is 0.898. The number of carboxylic acids is 1. The lowest BCUT2D eigenvalue weighted by molar-refractivity contribution is -0.136. The van der Waals surface area contributed by atoms with Gasteiger partial charge in [0.05, 0.1) is 18.6 Å². The zero-order valence-electron chi connectivity index (χ0n) is 13.9. The van der Waals surface area contributed by atoms with Crippen LogP contribution in [0, 0.1) is 0 Å². The second-order valence-electron chi connectivity index (χ2n) is 7.06. The fourth-order valence-corrected chi connectivity index (χ4v) is 3.40. The zero-order valence-corrected chi connectivity index (χ0v) is 13.9. The second kappa shape index (κ2) is 5.45. The first kappa shape index (κ1) is 16.0. The van der Waals surface area contributed by atoms with E-state index in [-0.39, 0.29) is 12.0 Å². The first-order chi connectivity index (χ1) is 9.65. The fourth-order valence-electron chi connectivity index (χ4n) is 3.40. The van der Waals surface area contributed by atoms with Crippen molar-refractivity contribution in [2.75, 3.05) is 0 Å². The van der Waals surface area contributed by atoms with Gasteiger partial charge >= 0.3 is 5.97 Å². The Balaban J connectivity index is 2.77. The molecule has 0 bridgehead atoms. The molecule has 0 unspecified atom stereocenters. The number of hydrogen-bond acceptors (Lipinski definition) is 2. The highest BCUT2D eigenvalue weighted by molar-refractivity contribution is 5.72. The van der Waals surface area contributed by atoms with Gasteiger partial charge in [-0.1, -0.05) is 33.8 Å². The van der Waals surface area contributed by atoms with Crippen LogP contribution < -0.4 is 0 Å². The molecule has 0 aromatic heterocycles. The number of carbonyl (C=O) groups is 1. The molecule has 0 radical (unpaired) electrons. The van der Waals surface area contributed by atoms with Crippen molar-refractivity contribution in [1.29, 1.82) is 0 Å². The van der Waals surface area contributed by atoms with Gasteiger partial charge in [0.1, 0.15) is 0 Å². The number of ether oxygens (including phenoxy) is 1. The Morgan fingerprint density at radius 3 is 2.38 bits per heavy atom. The minimum absolute atomic E-state index is 0.0920. The SMILES string of the molecule is CC(C)c1cc2c(c(C(C)C)c1CC(=O)O)COC2(C)C. The van der Waals surface area contributed by atoms with Crippen molar-refractivity contribution >= 4 is 5.97 Å². The summed E-state index contributed by atoms with van der Waals surface area (Å²) >= 11 is 0. The number of hydrogen-bond donors (Lipinski definition) is 1. The van der Waals surface area contributed by atoms with E-state index in [9.17, 15) is 9.90 Å². The molecule has 0 spiro atoms. The molecule has 0 fully saturated rings. The molecule has 1 aromatic rings. The van der Waals surface area contributed by atoms with Gasteiger partial charge in [-0.3, -0.25) is 4.79 Å². The van der Waals surface area contributed by atoms with Gasteiger partial charge in [-0.05, 0) is 53.5 Å². The molecule has 1 N–H and O–H groups in total. The molecule has 2 rings (SSSR count). The molecule has 21 heavy (non-hydrogen) atoms. The van der Waals surface area contributed by atoms with Gasteiger partial charge in [0.2, 0.25) is 0 Å². The Morgan fingerprint density at radius 2 is 1.90 bits per heavy atom. The van der Waals surface area contributed by atoms with Crippen molar-refractivity contribution in [1.82, 2.24) is 0 Å². The Labute approximate surface area is 127 Å². The third-order valence-electron chi connectivity index (χ3n) is 4.38. The molecular formula is C18H26O3. The Morgan fingerprint density at radius 1 is 1.29 bits per heavy atom. The van der Waals surface area contributed by atoms with Gasteiger partial charge in [0.15, 0.2) is 0 Å². The molecule has 1 aliphatic heterocycles. The number of aliphatic carboxylic acids is 1. The van der Waals surface area contributed by atoms with Crippen LogP contribution in [0.4, 0.5) is 0 Å². The average Bonchev–Trinajstić information content (AvgIpc) is 2.62. The molecule has 1 aromatic carbocycles. The molecule has 0 atom stereocenters. The minimum Gasteiger partial charge on any atom is -0.481 e. The molecule has 116 valence electrons. The minimum atomic E-state index is -0.767. The van der Waals surface area contributed by atoms with Gasteiger partial charge in [-0.25, -0.2) is 0 Å². The largest absolute Gasteiger partial charge is 0.481 e. The van der Waals surface area contributed by atoms with E-state index in [0.29, 0.717) is 18.4 Å². The monoisotopic (exact) mass is 290 g/mol. The second-order valence-corrected chi connectivity index (χ2v) is 7.06. The van der Waals surface area contributed by atoms with Gasteiger partial charge in [-0.15, -0.1) is 0 Å². The van der Waals surface area contributed by atoms with Gasteiger partial charge in [0, 0.05) is 0 Å². The van der Waals surface area contributed by atoms with Crippen LogP contribution in [0.25, 0.3) is 0 Å². The summed E-state index contributed by atoms with van der Waals surface area (Å²) in [5.74, 6) is -0.167. The smallest absolute Gasteiger partial charge is 0.307 e. The third-order valence-corrected chi connectivity index (χ3v) is 4.38. The van der Waals surface area contributed by atoms with E-state index in [1.54, 1.807) is 0 Å². The lowest BCUT2D eigenvalue weighted by Crippen LogP contribution is -2.17. The molecule has 0 amide bonds. The predicted molar refractivity (Wildman–Crippen MR) is 83.8 cm³/mol. The maximum atomic E-state index is 11.3. The summed E-state index contributed by atoms with van der Waals surface area (Å²) in [5.41, 5.74) is 5.47. The van der Waals surface area contributed by atoms with Crippen LogP contribution in [0.1, 0.15) is 81.2 Å². The number of fused-ring (bicyclic) bond motifs is 1. The molecule has 0 aliphatic carbocycles. The summed E-state index contributed by atoms with van der Waals surface area (Å²) in [6.07, 6.45) is 0.0920. The molecule has 1 aliphatic rings. The van der Waals surface area contributed by atoms with Crippen LogP contribution in [0.2, 0.25) is 0 Å². The average molecular weight is 290 g/mol. The van der Waals surface area contributed by atoms with Gasteiger partial charge in [-0.2, -0.15) is 0 Å². The van der Waals surface area contributed by atoms with Crippen molar-refractivity contribution in [3.8, 4) is 0 Å². The standard InChI is InChI=1S/C18H26O3/c1-10(2)12-7-15-14(9-21-18(15,5)6)17(11(3)4)13(12)8-16(19)20/h7,10-11H,8-9H2,1-6H3,(H,19,20). The maximum Gasteiger partial charge on any atom is 0.307 e. The lowest BCUT2D eigenvalue weighted by atomic mass is 9.79. The fraction of sp³-hybridized carbons (Fsp3) is 0.611. The highest BCUT2D eigenvalue weighted by Crippen LogP contribution is 2.43. The van der Waals surface area contributed by atoms with E-state index in [0.717, 1.165) is 11.1 Å². The van der Waals surface area contributed by atoms with Crippen molar-refractivity contribution in [3.63, 3.8) is 0 Å². The third kappa shape index (κ3) is 2.84. The summed E-state index contributed by atoms with van der Waals surface area (Å²) in [5, 5.41) is 9.30. The highest BCUT2D eigenvalue weighted by Gasteiger charge is 2.35. The molecule has 1 heterocycles. The molecule has 0 saturated heterocycles. The van der Waals surface area contributed by atoms with Crippen LogP contribution >= 0.6 is 0 Å². The Hall–Kier alpha value is -1.35. The van der Waals surface area contributed by atoms with Crippen LogP contribution in [-0.2, 0) is 28.2 Å². The molecular weight excluding hydrogens is 264 g/mol. The summed E-state index contributed by atoms with van der Waals surface area (Å²) in [4.78, 5) is 11.3. The summed E-state index contributed by atoms with van der Waals surface area (Å²) in [7, 11) is 0. The Bertz CT molecular complexity index is 568. The zero-order chi connectivity index (χ0) is 15.9. The van der Waals surface area contributed by atoms with Gasteiger partial charge < -0.3 is 9.84 Å². The number of benzene rings is 1.